The third kappa shape index (κ3) is 4.73. The van der Waals surface area contributed by atoms with Crippen molar-refractivity contribution < 1.29 is 9.72 Å². The van der Waals surface area contributed by atoms with E-state index >= 15 is 0 Å². The molecule has 1 aliphatic carbocycles. The molecule has 0 atom stereocenters. The molecule has 2 N–H and O–H groups in total. The molecule has 2 heterocycles. The Hall–Kier alpha value is -4.20. The monoisotopic (exact) mass is 469 g/mol. The third-order valence-corrected chi connectivity index (χ3v) is 6.54. The zero-order chi connectivity index (χ0) is 24.4. The lowest BCUT2D eigenvalue weighted by Gasteiger charge is -2.24. The van der Waals surface area contributed by atoms with Crippen LogP contribution in [0, 0.1) is 17.0 Å². The largest absolute Gasteiger partial charge is 0.367 e. The van der Waals surface area contributed by atoms with E-state index in [-0.39, 0.29) is 11.3 Å². The maximum atomic E-state index is 12.9. The third-order valence-electron chi connectivity index (χ3n) is 6.54. The number of rotatable bonds is 6. The van der Waals surface area contributed by atoms with Crippen LogP contribution in [0.25, 0.3) is 16.9 Å². The Kier molecular flexibility index (Phi) is 6.18. The van der Waals surface area contributed by atoms with Crippen LogP contribution in [0.2, 0.25) is 0 Å². The normalized spacial score (nSPS) is 14.1. The summed E-state index contributed by atoms with van der Waals surface area (Å²) in [6.07, 6.45) is 8.01. The van der Waals surface area contributed by atoms with Crippen LogP contribution in [0.4, 0.5) is 17.2 Å². The van der Waals surface area contributed by atoms with Gasteiger partial charge >= 0.3 is 0 Å². The predicted molar refractivity (Wildman–Crippen MR) is 137 cm³/mol. The van der Waals surface area contributed by atoms with Crippen molar-refractivity contribution in [1.29, 1.82) is 0 Å². The highest BCUT2D eigenvalue weighted by Gasteiger charge is 2.20. The number of benzene rings is 2. The number of nitrogens with one attached hydrogen (secondary N) is 2. The van der Waals surface area contributed by atoms with Crippen LogP contribution in [0.3, 0.4) is 0 Å². The van der Waals surface area contributed by atoms with Gasteiger partial charge in [0.15, 0.2) is 0 Å². The number of hydrogen-bond acceptors (Lipinski definition) is 5. The number of imidazole rings is 1. The number of nitro benzene ring substituents is 1. The summed E-state index contributed by atoms with van der Waals surface area (Å²) >= 11 is 0. The summed E-state index contributed by atoms with van der Waals surface area (Å²) < 4.78 is 2.07. The number of hydrogen-bond donors (Lipinski definition) is 2. The fourth-order valence-electron chi connectivity index (χ4n) is 4.67. The zero-order valence-corrected chi connectivity index (χ0v) is 19.5. The van der Waals surface area contributed by atoms with E-state index in [0.717, 1.165) is 35.6 Å². The van der Waals surface area contributed by atoms with Crippen molar-refractivity contribution in [3.63, 3.8) is 0 Å². The summed E-state index contributed by atoms with van der Waals surface area (Å²) in [7, 11) is 0. The Balaban J connectivity index is 1.45. The van der Waals surface area contributed by atoms with E-state index in [1.54, 1.807) is 25.1 Å². The molecule has 5 rings (SSSR count). The number of nitro groups is 1. The average Bonchev–Trinajstić information content (AvgIpc) is 3.23. The minimum absolute atomic E-state index is 0.0745. The van der Waals surface area contributed by atoms with Crippen molar-refractivity contribution in [3.05, 3.63) is 88.1 Å². The SMILES string of the molecule is Cc1ccc(C(=O)Nc2cccc(-c3nc4ccccn4c3NC3CCCCC3)c2)cc1[N+](=O)[O-]. The molecule has 0 bridgehead atoms. The molecule has 8 nitrogen and oxygen atoms in total. The number of aromatic nitrogens is 2. The molecule has 0 unspecified atom stereocenters. The second-order valence-corrected chi connectivity index (χ2v) is 9.01. The van der Waals surface area contributed by atoms with Gasteiger partial charge in [-0.2, -0.15) is 0 Å². The molecule has 2 aromatic heterocycles. The molecule has 0 radical (unpaired) electrons. The van der Waals surface area contributed by atoms with E-state index in [9.17, 15) is 14.9 Å². The van der Waals surface area contributed by atoms with E-state index < -0.39 is 10.8 Å². The summed E-state index contributed by atoms with van der Waals surface area (Å²) in [6, 6.07) is 18.4. The summed E-state index contributed by atoms with van der Waals surface area (Å²) in [5, 5.41) is 17.9. The van der Waals surface area contributed by atoms with Crippen LogP contribution in [0.5, 0.6) is 0 Å². The second kappa shape index (κ2) is 9.58. The number of carbonyl (C=O) groups is 1. The van der Waals surface area contributed by atoms with Crippen LogP contribution in [-0.2, 0) is 0 Å². The van der Waals surface area contributed by atoms with Crippen molar-refractivity contribution in [2.45, 2.75) is 45.1 Å². The number of aryl methyl sites for hydroxylation is 1. The van der Waals surface area contributed by atoms with Crippen LogP contribution >= 0.6 is 0 Å². The van der Waals surface area contributed by atoms with Gasteiger partial charge in [-0.25, -0.2) is 4.98 Å². The summed E-state index contributed by atoms with van der Waals surface area (Å²) in [5.74, 6) is 0.547. The number of amides is 1. The van der Waals surface area contributed by atoms with Crippen molar-refractivity contribution in [3.8, 4) is 11.3 Å². The molecule has 0 spiro atoms. The molecule has 8 heteroatoms. The first-order valence-corrected chi connectivity index (χ1v) is 11.9. The van der Waals surface area contributed by atoms with Gasteiger partial charge in [-0.15, -0.1) is 0 Å². The molecule has 178 valence electrons. The molecule has 35 heavy (non-hydrogen) atoms. The Morgan fingerprint density at radius 2 is 1.89 bits per heavy atom. The van der Waals surface area contributed by atoms with Crippen LogP contribution < -0.4 is 10.6 Å². The fraction of sp³-hybridized carbons (Fsp3) is 0.259. The van der Waals surface area contributed by atoms with Crippen molar-refractivity contribution in [1.82, 2.24) is 9.38 Å². The van der Waals surface area contributed by atoms with Crippen molar-refractivity contribution in [2.24, 2.45) is 0 Å². The molecule has 1 saturated carbocycles. The fourth-order valence-corrected chi connectivity index (χ4v) is 4.67. The highest BCUT2D eigenvalue weighted by Crippen LogP contribution is 2.33. The van der Waals surface area contributed by atoms with Gasteiger partial charge in [0, 0.05) is 40.7 Å². The van der Waals surface area contributed by atoms with E-state index in [1.807, 2.05) is 42.6 Å². The van der Waals surface area contributed by atoms with Gasteiger partial charge in [0.25, 0.3) is 11.6 Å². The summed E-state index contributed by atoms with van der Waals surface area (Å²) in [5.41, 5.74) is 3.81. The lowest BCUT2D eigenvalue weighted by molar-refractivity contribution is -0.385. The van der Waals surface area contributed by atoms with Gasteiger partial charge < -0.3 is 10.6 Å². The number of nitrogens with zero attached hydrogens (tertiary/aromatic N) is 3. The number of carbonyl (C=O) groups excluding carboxylic acids is 1. The van der Waals surface area contributed by atoms with Gasteiger partial charge in [0.2, 0.25) is 0 Å². The van der Waals surface area contributed by atoms with Gasteiger partial charge in [-0.3, -0.25) is 19.3 Å². The van der Waals surface area contributed by atoms with Gasteiger partial charge in [0.05, 0.1) is 4.92 Å². The topological polar surface area (TPSA) is 102 Å². The molecule has 0 aliphatic heterocycles. The lowest BCUT2D eigenvalue weighted by Crippen LogP contribution is -2.23. The summed E-state index contributed by atoms with van der Waals surface area (Å²) in [6.45, 7) is 1.65. The standard InChI is InChI=1S/C27H27N5O3/c1-18-13-14-20(17-23(18)32(34)35)27(33)29-22-11-7-8-19(16-22)25-26(28-21-9-3-2-4-10-21)31-15-6-5-12-24(31)30-25/h5-8,11-17,21,28H,2-4,9-10H2,1H3,(H,29,33). The maximum Gasteiger partial charge on any atom is 0.273 e. The minimum Gasteiger partial charge on any atom is -0.367 e. The first-order chi connectivity index (χ1) is 17.0. The molecular weight excluding hydrogens is 442 g/mol. The van der Waals surface area contributed by atoms with Crippen molar-refractivity contribution >= 4 is 28.7 Å². The van der Waals surface area contributed by atoms with E-state index in [4.69, 9.17) is 4.98 Å². The number of anilines is 2. The number of pyridine rings is 1. The minimum atomic E-state index is -0.475. The molecule has 1 aliphatic rings. The first kappa shape index (κ1) is 22.6. The molecule has 4 aromatic rings. The highest BCUT2D eigenvalue weighted by molar-refractivity contribution is 6.05. The predicted octanol–water partition coefficient (Wildman–Crippen LogP) is 6.21. The Labute approximate surface area is 203 Å². The van der Waals surface area contributed by atoms with E-state index in [2.05, 4.69) is 15.0 Å². The van der Waals surface area contributed by atoms with Gasteiger partial charge in [-0.05, 0) is 50.1 Å². The molecule has 1 fully saturated rings. The Morgan fingerprint density at radius 3 is 2.69 bits per heavy atom. The molecule has 2 aromatic carbocycles. The zero-order valence-electron chi connectivity index (χ0n) is 19.5. The summed E-state index contributed by atoms with van der Waals surface area (Å²) in [4.78, 5) is 28.5. The average molecular weight is 470 g/mol. The van der Waals surface area contributed by atoms with Crippen LogP contribution in [0.1, 0.15) is 48.0 Å². The Morgan fingerprint density at radius 1 is 1.06 bits per heavy atom. The number of fused-ring (bicyclic) bond motifs is 1. The quantitative estimate of drug-likeness (QED) is 0.258. The van der Waals surface area contributed by atoms with Gasteiger partial charge in [-0.1, -0.05) is 43.5 Å². The smallest absolute Gasteiger partial charge is 0.273 e. The van der Waals surface area contributed by atoms with Gasteiger partial charge in [0.1, 0.15) is 17.2 Å². The van der Waals surface area contributed by atoms with Crippen LogP contribution in [-0.4, -0.2) is 26.3 Å². The van der Waals surface area contributed by atoms with E-state index in [0.29, 0.717) is 17.3 Å². The molecule has 0 saturated heterocycles. The maximum absolute atomic E-state index is 12.9. The molecular formula is C27H27N5O3. The molecule has 1 amide bonds. The van der Waals surface area contributed by atoms with E-state index in [1.165, 1.54) is 25.3 Å². The lowest BCUT2D eigenvalue weighted by atomic mass is 9.95. The van der Waals surface area contributed by atoms with Crippen LogP contribution in [0.15, 0.2) is 66.9 Å². The second-order valence-electron chi connectivity index (χ2n) is 9.01. The van der Waals surface area contributed by atoms with Crippen molar-refractivity contribution in [2.75, 3.05) is 10.6 Å². The Bertz CT molecular complexity index is 1410. The first-order valence-electron chi connectivity index (χ1n) is 11.9. The highest BCUT2D eigenvalue weighted by atomic mass is 16.6.